The molecule has 4 amide bonds. The first-order chi connectivity index (χ1) is 19.0. The van der Waals surface area contributed by atoms with Crippen molar-refractivity contribution in [3.8, 4) is 0 Å². The molecule has 0 aliphatic carbocycles. The summed E-state index contributed by atoms with van der Waals surface area (Å²) in [4.78, 5) is 56.7. The molecule has 2 aromatic rings. The highest BCUT2D eigenvalue weighted by molar-refractivity contribution is 6.34. The van der Waals surface area contributed by atoms with Gasteiger partial charge in [-0.05, 0) is 76.0 Å². The van der Waals surface area contributed by atoms with Crippen molar-refractivity contribution in [3.05, 3.63) is 40.5 Å². The number of aliphatic hydroxyl groups excluding tert-OH is 3. The Labute approximate surface area is 227 Å². The molecule has 0 saturated heterocycles. The number of benzene rings is 2. The van der Waals surface area contributed by atoms with Gasteiger partial charge in [-0.1, -0.05) is 0 Å². The van der Waals surface area contributed by atoms with Crippen molar-refractivity contribution in [2.45, 2.75) is 57.8 Å². The van der Waals surface area contributed by atoms with Crippen molar-refractivity contribution < 1.29 is 34.5 Å². The van der Waals surface area contributed by atoms with Crippen molar-refractivity contribution in [1.29, 1.82) is 0 Å². The van der Waals surface area contributed by atoms with Gasteiger partial charge in [-0.25, -0.2) is 0 Å². The molecule has 4 N–H and O–H groups in total. The molecule has 0 bridgehead atoms. The summed E-state index contributed by atoms with van der Waals surface area (Å²) in [7, 11) is 0. The molecule has 0 spiro atoms. The number of amides is 4. The second-order valence-corrected chi connectivity index (χ2v) is 10.1. The lowest BCUT2D eigenvalue weighted by molar-refractivity contribution is 0.0586. The van der Waals surface area contributed by atoms with Crippen molar-refractivity contribution >= 4 is 40.1 Å². The zero-order chi connectivity index (χ0) is 27.9. The third kappa shape index (κ3) is 5.68. The molecule has 39 heavy (non-hydrogen) atoms. The van der Waals surface area contributed by atoms with Crippen molar-refractivity contribution in [1.82, 2.24) is 9.80 Å². The third-order valence-electron chi connectivity index (χ3n) is 7.40. The molecule has 10 heteroatoms. The van der Waals surface area contributed by atoms with Crippen LogP contribution in [0.25, 0.3) is 10.8 Å². The number of nitrogens with zero attached hydrogens (tertiary/aromatic N) is 2. The molecule has 2 aromatic carbocycles. The summed E-state index contributed by atoms with van der Waals surface area (Å²) in [6.45, 7) is 1.11. The van der Waals surface area contributed by atoms with Gasteiger partial charge in [0.25, 0.3) is 23.6 Å². The highest BCUT2D eigenvalue weighted by atomic mass is 16.3. The number of hydrogen-bond acceptors (Lipinski definition) is 8. The van der Waals surface area contributed by atoms with E-state index in [0.29, 0.717) is 73.5 Å². The maximum atomic E-state index is 13.8. The van der Waals surface area contributed by atoms with Crippen LogP contribution in [0.2, 0.25) is 0 Å². The minimum absolute atomic E-state index is 0.0421. The smallest absolute Gasteiger partial charge is 0.263 e. The van der Waals surface area contributed by atoms with Gasteiger partial charge in [0.2, 0.25) is 0 Å². The van der Waals surface area contributed by atoms with Gasteiger partial charge in [0, 0.05) is 67.0 Å². The number of carbonyl (C=O) groups excluding carboxylic acids is 4. The number of rotatable bonds is 16. The van der Waals surface area contributed by atoms with Crippen LogP contribution in [0.5, 0.6) is 0 Å². The molecule has 10 nitrogen and oxygen atoms in total. The van der Waals surface area contributed by atoms with E-state index in [0.717, 1.165) is 12.8 Å². The maximum absolute atomic E-state index is 13.8. The van der Waals surface area contributed by atoms with E-state index in [2.05, 4.69) is 5.32 Å². The number of aliphatic hydroxyl groups is 3. The molecule has 210 valence electrons. The van der Waals surface area contributed by atoms with Gasteiger partial charge >= 0.3 is 0 Å². The van der Waals surface area contributed by atoms with Crippen molar-refractivity contribution in [2.75, 3.05) is 44.8 Å². The van der Waals surface area contributed by atoms with E-state index in [1.165, 1.54) is 9.80 Å². The lowest BCUT2D eigenvalue weighted by atomic mass is 9.84. The van der Waals surface area contributed by atoms with Crippen LogP contribution in [0, 0.1) is 0 Å². The van der Waals surface area contributed by atoms with Crippen LogP contribution in [-0.2, 0) is 0 Å². The molecule has 0 unspecified atom stereocenters. The van der Waals surface area contributed by atoms with Gasteiger partial charge in [-0.3, -0.25) is 29.0 Å². The van der Waals surface area contributed by atoms with Gasteiger partial charge in [-0.2, -0.15) is 0 Å². The van der Waals surface area contributed by atoms with E-state index in [9.17, 15) is 19.2 Å². The second kappa shape index (κ2) is 13.1. The lowest BCUT2D eigenvalue weighted by Crippen LogP contribution is -2.44. The number of anilines is 1. The van der Waals surface area contributed by atoms with E-state index >= 15 is 0 Å². The number of nitrogens with one attached hydrogen (secondary N) is 1. The summed E-state index contributed by atoms with van der Waals surface area (Å²) in [6.07, 6.45) is 5.80. The van der Waals surface area contributed by atoms with Gasteiger partial charge < -0.3 is 20.6 Å². The molecule has 2 heterocycles. The first kappa shape index (κ1) is 28.7. The van der Waals surface area contributed by atoms with Crippen LogP contribution >= 0.6 is 0 Å². The van der Waals surface area contributed by atoms with Gasteiger partial charge in [0.05, 0.1) is 11.1 Å². The van der Waals surface area contributed by atoms with Crippen molar-refractivity contribution in [2.24, 2.45) is 0 Å². The molecule has 4 rings (SSSR count). The summed E-state index contributed by atoms with van der Waals surface area (Å²) >= 11 is 0. The molecule has 2 aliphatic rings. The highest BCUT2D eigenvalue weighted by Gasteiger charge is 2.41. The van der Waals surface area contributed by atoms with Crippen LogP contribution in [0.3, 0.4) is 0 Å². The Hall–Kier alpha value is -3.34. The van der Waals surface area contributed by atoms with Crippen LogP contribution < -0.4 is 5.32 Å². The fourth-order valence-electron chi connectivity index (χ4n) is 5.37. The maximum Gasteiger partial charge on any atom is 0.263 e. The number of hydrogen-bond donors (Lipinski definition) is 4. The summed E-state index contributed by atoms with van der Waals surface area (Å²) in [5.41, 5.74) is 1.58. The fraction of sp³-hybridized carbons (Fsp3) is 0.517. The minimum atomic E-state index is -0.468. The predicted octanol–water partition coefficient (Wildman–Crippen LogP) is 2.93. The summed E-state index contributed by atoms with van der Waals surface area (Å²) in [5.74, 6) is -1.84. The minimum Gasteiger partial charge on any atom is -0.396 e. The fourth-order valence-corrected chi connectivity index (χ4v) is 5.37. The molecule has 0 atom stereocenters. The zero-order valence-corrected chi connectivity index (χ0v) is 22.2. The SMILES string of the molecule is O=C1c2ccc3c4c(c(NCCCCCO)cc(c24)C(=O)N1CCCCCO)C(=O)N(CCCCCO)C3=O. The molecule has 0 aromatic heterocycles. The zero-order valence-electron chi connectivity index (χ0n) is 22.2. The van der Waals surface area contributed by atoms with Crippen LogP contribution in [0.1, 0.15) is 99.2 Å². The average Bonchev–Trinajstić information content (AvgIpc) is 2.93. The summed E-state index contributed by atoms with van der Waals surface area (Å²) in [6, 6.07) is 4.77. The Kier molecular flexibility index (Phi) is 9.66. The quantitative estimate of drug-likeness (QED) is 0.188. The average molecular weight is 540 g/mol. The second-order valence-electron chi connectivity index (χ2n) is 10.1. The Morgan fingerprint density at radius 1 is 0.564 bits per heavy atom. The Balaban J connectivity index is 1.77. The van der Waals surface area contributed by atoms with E-state index in [-0.39, 0.29) is 49.6 Å². The standard InChI is InChI=1S/C29H37N3O7/c33-15-7-1-4-12-30-22-18-21-23-19(26(36)31(28(21)38)13-5-2-8-16-34)10-11-20-24(23)25(22)29(39)32(27(20)37)14-6-3-9-17-35/h10-11,18,30,33-35H,1-9,12-17H2. The lowest BCUT2D eigenvalue weighted by Gasteiger charge is -2.33. The van der Waals surface area contributed by atoms with Gasteiger partial charge in [0.15, 0.2) is 0 Å². The van der Waals surface area contributed by atoms with E-state index in [1.807, 2.05) is 0 Å². The molecular formula is C29H37N3O7. The highest BCUT2D eigenvalue weighted by Crippen LogP contribution is 2.41. The molecular weight excluding hydrogens is 502 g/mol. The molecule has 0 radical (unpaired) electrons. The number of imide groups is 2. The summed E-state index contributed by atoms with van der Waals surface area (Å²) in [5, 5.41) is 31.2. The van der Waals surface area contributed by atoms with Gasteiger partial charge in [-0.15, -0.1) is 0 Å². The van der Waals surface area contributed by atoms with Crippen molar-refractivity contribution in [3.63, 3.8) is 0 Å². The van der Waals surface area contributed by atoms with E-state index < -0.39 is 23.6 Å². The molecule has 0 fully saturated rings. The Morgan fingerprint density at radius 3 is 1.62 bits per heavy atom. The van der Waals surface area contributed by atoms with E-state index in [4.69, 9.17) is 15.3 Å². The third-order valence-corrected chi connectivity index (χ3v) is 7.40. The van der Waals surface area contributed by atoms with E-state index in [1.54, 1.807) is 18.2 Å². The first-order valence-corrected chi connectivity index (χ1v) is 13.9. The number of unbranched alkanes of at least 4 members (excludes halogenated alkanes) is 6. The largest absolute Gasteiger partial charge is 0.396 e. The van der Waals surface area contributed by atoms with Gasteiger partial charge in [0.1, 0.15) is 0 Å². The Bertz CT molecular complexity index is 1260. The monoisotopic (exact) mass is 539 g/mol. The topological polar surface area (TPSA) is 147 Å². The first-order valence-electron chi connectivity index (χ1n) is 13.9. The predicted molar refractivity (Wildman–Crippen MR) is 146 cm³/mol. The number of carbonyl (C=O) groups is 4. The van der Waals surface area contributed by atoms with Crippen LogP contribution in [0.15, 0.2) is 18.2 Å². The Morgan fingerprint density at radius 2 is 1.05 bits per heavy atom. The molecule has 2 aliphatic heterocycles. The van der Waals surface area contributed by atoms with Crippen LogP contribution in [0.4, 0.5) is 5.69 Å². The molecule has 0 saturated carbocycles. The summed E-state index contributed by atoms with van der Waals surface area (Å²) < 4.78 is 0. The normalized spacial score (nSPS) is 14.6. The van der Waals surface area contributed by atoms with Crippen LogP contribution in [-0.4, -0.2) is 88.2 Å².